The van der Waals surface area contributed by atoms with Crippen LogP contribution in [0.1, 0.15) is 35.3 Å². The first-order chi connectivity index (χ1) is 13.6. The first-order valence-corrected chi connectivity index (χ1v) is 11.1. The molecule has 0 spiro atoms. The molecule has 0 atom stereocenters. The number of halogens is 1. The number of carbonyl (C=O) groups excluding carboxylic acids is 1. The molecular formula is C21H26IN5O. The van der Waals surface area contributed by atoms with Gasteiger partial charge in [-0.15, -0.1) is 0 Å². The molecular weight excluding hydrogens is 465 g/mol. The van der Waals surface area contributed by atoms with Crippen LogP contribution in [-0.2, 0) is 0 Å². The zero-order chi connectivity index (χ0) is 19.5. The average molecular weight is 491 g/mol. The van der Waals surface area contributed by atoms with Crippen molar-refractivity contribution >= 4 is 40.3 Å². The van der Waals surface area contributed by atoms with E-state index in [-0.39, 0.29) is 5.91 Å². The Bertz CT molecular complexity index is 844. The molecule has 0 radical (unpaired) electrons. The Hall–Kier alpha value is -1.90. The Morgan fingerprint density at radius 3 is 2.39 bits per heavy atom. The summed E-state index contributed by atoms with van der Waals surface area (Å²) in [4.78, 5) is 28.8. The van der Waals surface area contributed by atoms with E-state index >= 15 is 0 Å². The second-order valence-electron chi connectivity index (χ2n) is 7.50. The number of nitrogens with zero attached hydrogens (tertiary/aromatic N) is 5. The zero-order valence-corrected chi connectivity index (χ0v) is 18.4. The summed E-state index contributed by atoms with van der Waals surface area (Å²) in [5.74, 6) is 1.95. The molecule has 0 bridgehead atoms. The lowest BCUT2D eigenvalue weighted by molar-refractivity contribution is 0.0746. The Morgan fingerprint density at radius 1 is 0.929 bits per heavy atom. The average Bonchev–Trinajstić information content (AvgIpc) is 2.73. The highest BCUT2D eigenvalue weighted by Gasteiger charge is 2.24. The number of benzene rings is 1. The molecule has 4 rings (SSSR count). The van der Waals surface area contributed by atoms with Crippen molar-refractivity contribution in [1.82, 2.24) is 14.9 Å². The van der Waals surface area contributed by atoms with Crippen molar-refractivity contribution in [3.63, 3.8) is 0 Å². The fourth-order valence-corrected chi connectivity index (χ4v) is 4.42. The Morgan fingerprint density at radius 2 is 1.68 bits per heavy atom. The number of aromatic nitrogens is 2. The fourth-order valence-electron chi connectivity index (χ4n) is 3.88. The molecule has 6 nitrogen and oxygen atoms in total. The standard InChI is InChI=1S/C21H26IN5O/c1-16-14-19(24-21(23-16)27-8-3-2-4-9-27)25-10-12-26(13-11-25)20(28)17-6-5-7-18(22)15-17/h5-7,14-15H,2-4,8-13H2,1H3. The quantitative estimate of drug-likeness (QED) is 0.617. The van der Waals surface area contributed by atoms with Gasteiger partial charge in [-0.1, -0.05) is 6.07 Å². The van der Waals surface area contributed by atoms with E-state index in [1.807, 2.05) is 36.1 Å². The third kappa shape index (κ3) is 4.39. The van der Waals surface area contributed by atoms with Crippen molar-refractivity contribution in [3.05, 3.63) is 45.2 Å². The highest BCUT2D eigenvalue weighted by atomic mass is 127. The molecule has 2 aromatic rings. The summed E-state index contributed by atoms with van der Waals surface area (Å²) in [6.07, 6.45) is 3.73. The van der Waals surface area contributed by atoms with Gasteiger partial charge in [0.15, 0.2) is 0 Å². The van der Waals surface area contributed by atoms with Crippen molar-refractivity contribution < 1.29 is 4.79 Å². The smallest absolute Gasteiger partial charge is 0.254 e. The van der Waals surface area contributed by atoms with Gasteiger partial charge in [0.05, 0.1) is 0 Å². The van der Waals surface area contributed by atoms with Gasteiger partial charge >= 0.3 is 0 Å². The van der Waals surface area contributed by atoms with Crippen LogP contribution in [-0.4, -0.2) is 60.0 Å². The second kappa shape index (κ2) is 8.63. The minimum absolute atomic E-state index is 0.117. The molecule has 7 heteroatoms. The number of hydrogen-bond acceptors (Lipinski definition) is 5. The summed E-state index contributed by atoms with van der Waals surface area (Å²) in [5, 5.41) is 0. The van der Waals surface area contributed by atoms with Crippen molar-refractivity contribution in [2.75, 3.05) is 49.1 Å². The number of hydrogen-bond donors (Lipinski definition) is 0. The van der Waals surface area contributed by atoms with E-state index in [0.29, 0.717) is 13.1 Å². The normalized spacial score (nSPS) is 17.7. The predicted molar refractivity (Wildman–Crippen MR) is 120 cm³/mol. The number of piperazine rings is 1. The van der Waals surface area contributed by atoms with Crippen molar-refractivity contribution in [1.29, 1.82) is 0 Å². The number of piperidine rings is 1. The Labute approximate surface area is 180 Å². The fraction of sp³-hybridized carbons (Fsp3) is 0.476. The van der Waals surface area contributed by atoms with Gasteiger partial charge in [0.2, 0.25) is 5.95 Å². The van der Waals surface area contributed by atoms with Crippen LogP contribution in [0, 0.1) is 10.5 Å². The maximum atomic E-state index is 12.8. The Kier molecular flexibility index (Phi) is 5.99. The van der Waals surface area contributed by atoms with Gasteiger partial charge in [0.25, 0.3) is 5.91 Å². The molecule has 2 aliphatic heterocycles. The maximum Gasteiger partial charge on any atom is 0.254 e. The molecule has 2 fully saturated rings. The summed E-state index contributed by atoms with van der Waals surface area (Å²) in [6.45, 7) is 7.15. The molecule has 148 valence electrons. The van der Waals surface area contributed by atoms with Gasteiger partial charge in [0, 0.05) is 60.2 Å². The van der Waals surface area contributed by atoms with E-state index in [0.717, 1.165) is 52.8 Å². The van der Waals surface area contributed by atoms with Crippen molar-refractivity contribution in [2.24, 2.45) is 0 Å². The molecule has 28 heavy (non-hydrogen) atoms. The molecule has 2 aliphatic rings. The van der Waals surface area contributed by atoms with E-state index in [2.05, 4.69) is 43.4 Å². The SMILES string of the molecule is Cc1cc(N2CCN(C(=O)c3cccc(I)c3)CC2)nc(N2CCCCC2)n1. The highest BCUT2D eigenvalue weighted by Crippen LogP contribution is 2.22. The van der Waals surface area contributed by atoms with Crippen LogP contribution in [0.2, 0.25) is 0 Å². The minimum atomic E-state index is 0.117. The molecule has 1 aromatic carbocycles. The largest absolute Gasteiger partial charge is 0.353 e. The van der Waals surface area contributed by atoms with E-state index in [1.165, 1.54) is 19.3 Å². The van der Waals surface area contributed by atoms with Crippen LogP contribution in [0.4, 0.5) is 11.8 Å². The molecule has 0 N–H and O–H groups in total. The highest BCUT2D eigenvalue weighted by molar-refractivity contribution is 14.1. The molecule has 0 saturated carbocycles. The van der Waals surface area contributed by atoms with Crippen LogP contribution in [0.15, 0.2) is 30.3 Å². The van der Waals surface area contributed by atoms with Crippen LogP contribution < -0.4 is 9.80 Å². The van der Waals surface area contributed by atoms with Crippen LogP contribution >= 0.6 is 22.6 Å². The predicted octanol–water partition coefficient (Wildman–Crippen LogP) is 3.34. The van der Waals surface area contributed by atoms with Gasteiger partial charge < -0.3 is 14.7 Å². The lowest BCUT2D eigenvalue weighted by Crippen LogP contribution is -2.49. The van der Waals surface area contributed by atoms with E-state index < -0.39 is 0 Å². The summed E-state index contributed by atoms with van der Waals surface area (Å²) < 4.78 is 1.09. The third-order valence-electron chi connectivity index (χ3n) is 5.43. The maximum absolute atomic E-state index is 12.8. The van der Waals surface area contributed by atoms with E-state index in [1.54, 1.807) is 0 Å². The van der Waals surface area contributed by atoms with Gasteiger partial charge in [-0.2, -0.15) is 4.98 Å². The van der Waals surface area contributed by atoms with E-state index in [9.17, 15) is 4.79 Å². The van der Waals surface area contributed by atoms with Crippen LogP contribution in [0.25, 0.3) is 0 Å². The third-order valence-corrected chi connectivity index (χ3v) is 6.10. The molecule has 1 aromatic heterocycles. The summed E-state index contributed by atoms with van der Waals surface area (Å²) >= 11 is 2.25. The topological polar surface area (TPSA) is 52.6 Å². The number of amides is 1. The Balaban J connectivity index is 1.43. The first kappa shape index (κ1) is 19.4. The van der Waals surface area contributed by atoms with Crippen LogP contribution in [0.5, 0.6) is 0 Å². The van der Waals surface area contributed by atoms with Crippen LogP contribution in [0.3, 0.4) is 0 Å². The van der Waals surface area contributed by atoms with Gasteiger partial charge in [-0.25, -0.2) is 4.98 Å². The minimum Gasteiger partial charge on any atom is -0.353 e. The first-order valence-electron chi connectivity index (χ1n) is 10.0. The zero-order valence-electron chi connectivity index (χ0n) is 16.3. The molecule has 0 unspecified atom stereocenters. The van der Waals surface area contributed by atoms with Crippen molar-refractivity contribution in [3.8, 4) is 0 Å². The monoisotopic (exact) mass is 491 g/mol. The summed E-state index contributed by atoms with van der Waals surface area (Å²) in [7, 11) is 0. The second-order valence-corrected chi connectivity index (χ2v) is 8.75. The molecule has 2 saturated heterocycles. The molecule has 3 heterocycles. The summed E-state index contributed by atoms with van der Waals surface area (Å²) in [5.41, 5.74) is 1.77. The van der Waals surface area contributed by atoms with Gasteiger partial charge in [-0.05, 0) is 67.0 Å². The lowest BCUT2D eigenvalue weighted by Gasteiger charge is -2.36. The van der Waals surface area contributed by atoms with Gasteiger partial charge in [-0.3, -0.25) is 4.79 Å². The number of aryl methyl sites for hydroxylation is 1. The number of rotatable bonds is 3. The lowest BCUT2D eigenvalue weighted by atomic mass is 10.1. The summed E-state index contributed by atoms with van der Waals surface area (Å²) in [6, 6.07) is 9.86. The van der Waals surface area contributed by atoms with Gasteiger partial charge in [0.1, 0.15) is 5.82 Å². The number of anilines is 2. The number of carbonyl (C=O) groups is 1. The molecule has 1 amide bonds. The molecule has 0 aliphatic carbocycles. The van der Waals surface area contributed by atoms with E-state index in [4.69, 9.17) is 4.98 Å². The van der Waals surface area contributed by atoms with Crippen molar-refractivity contribution in [2.45, 2.75) is 26.2 Å².